The number of carbonyl (C=O) groups is 1. The number of benzene rings is 1. The van der Waals surface area contributed by atoms with E-state index in [0.29, 0.717) is 10.7 Å². The van der Waals surface area contributed by atoms with Crippen molar-refractivity contribution >= 4 is 22.3 Å². The number of rotatable bonds is 3. The Morgan fingerprint density at radius 3 is 2.21 bits per heavy atom. The van der Waals surface area contributed by atoms with Crippen LogP contribution in [0.15, 0.2) is 34.4 Å². The van der Waals surface area contributed by atoms with Crippen molar-refractivity contribution < 1.29 is 35.9 Å². The molecule has 0 aliphatic rings. The number of halogens is 6. The third kappa shape index (κ3) is 4.42. The summed E-state index contributed by atoms with van der Waals surface area (Å²) in [5.41, 5.74) is -4.00. The van der Waals surface area contributed by atoms with Crippen LogP contribution in [-0.2, 0) is 23.7 Å². The first kappa shape index (κ1) is 20.8. The molecule has 3 aromatic rings. The van der Waals surface area contributed by atoms with Crippen LogP contribution in [0.5, 0.6) is 0 Å². The molecule has 0 N–H and O–H groups in total. The van der Waals surface area contributed by atoms with Gasteiger partial charge in [-0.15, -0.1) is 11.3 Å². The van der Waals surface area contributed by atoms with Gasteiger partial charge in [-0.05, 0) is 25.1 Å². The Morgan fingerprint density at radius 2 is 1.66 bits per heavy atom. The van der Waals surface area contributed by atoms with Gasteiger partial charge in [0.15, 0.2) is 4.96 Å². The van der Waals surface area contributed by atoms with Gasteiger partial charge >= 0.3 is 18.3 Å². The van der Waals surface area contributed by atoms with Crippen LogP contribution in [-0.4, -0.2) is 15.4 Å². The molecule has 0 amide bonds. The van der Waals surface area contributed by atoms with Gasteiger partial charge in [0.25, 0.3) is 5.56 Å². The van der Waals surface area contributed by atoms with Crippen LogP contribution in [0, 0.1) is 6.92 Å². The molecule has 0 aliphatic carbocycles. The van der Waals surface area contributed by atoms with E-state index in [4.69, 9.17) is 4.74 Å². The first-order valence-corrected chi connectivity index (χ1v) is 8.67. The molecular weight excluding hydrogens is 426 g/mol. The highest BCUT2D eigenvalue weighted by molar-refractivity contribution is 7.15. The van der Waals surface area contributed by atoms with Crippen molar-refractivity contribution in [3.8, 4) is 0 Å². The summed E-state index contributed by atoms with van der Waals surface area (Å²) in [6, 6.07) is 1.51. The standard InChI is InChI=1S/C17H10F6N2O3S/c1-8-7-29-15-24-12(5-13(26)25(8)15)6-28-14(27)9-2-10(16(18,19)20)4-11(3-9)17(21,22)23/h2-5,7H,6H2,1H3. The van der Waals surface area contributed by atoms with E-state index in [1.807, 2.05) is 0 Å². The highest BCUT2D eigenvalue weighted by atomic mass is 32.1. The van der Waals surface area contributed by atoms with Crippen LogP contribution in [0.2, 0.25) is 0 Å². The molecule has 154 valence electrons. The van der Waals surface area contributed by atoms with Crippen LogP contribution in [0.4, 0.5) is 26.3 Å². The van der Waals surface area contributed by atoms with Gasteiger partial charge in [-0.3, -0.25) is 9.20 Å². The lowest BCUT2D eigenvalue weighted by molar-refractivity contribution is -0.143. The van der Waals surface area contributed by atoms with Crippen LogP contribution in [0.25, 0.3) is 4.96 Å². The van der Waals surface area contributed by atoms with E-state index in [0.717, 1.165) is 17.4 Å². The fourth-order valence-electron chi connectivity index (χ4n) is 2.47. The number of aryl methyl sites for hydroxylation is 1. The Kier molecular flexibility index (Phi) is 5.15. The number of ether oxygens (including phenoxy) is 1. The van der Waals surface area contributed by atoms with E-state index in [1.54, 1.807) is 12.3 Å². The Labute approximate surface area is 162 Å². The van der Waals surface area contributed by atoms with Gasteiger partial charge in [0, 0.05) is 17.1 Å². The zero-order valence-corrected chi connectivity index (χ0v) is 15.2. The zero-order chi connectivity index (χ0) is 21.6. The van der Waals surface area contributed by atoms with Gasteiger partial charge in [0.2, 0.25) is 0 Å². The average Bonchev–Trinajstić information content (AvgIpc) is 2.99. The number of carbonyl (C=O) groups excluding carboxylic acids is 1. The molecule has 5 nitrogen and oxygen atoms in total. The fraction of sp³-hybridized carbons (Fsp3) is 0.235. The van der Waals surface area contributed by atoms with Crippen molar-refractivity contribution in [1.29, 1.82) is 0 Å². The van der Waals surface area contributed by atoms with E-state index in [9.17, 15) is 35.9 Å². The van der Waals surface area contributed by atoms with Gasteiger partial charge in [-0.25, -0.2) is 9.78 Å². The molecule has 0 unspecified atom stereocenters. The highest BCUT2D eigenvalue weighted by Gasteiger charge is 2.37. The molecule has 12 heteroatoms. The van der Waals surface area contributed by atoms with E-state index >= 15 is 0 Å². The number of hydrogen-bond donors (Lipinski definition) is 0. The predicted octanol–water partition coefficient (Wildman–Crippen LogP) is 4.46. The fourth-order valence-corrected chi connectivity index (χ4v) is 3.36. The maximum Gasteiger partial charge on any atom is 0.416 e. The van der Waals surface area contributed by atoms with E-state index in [1.165, 1.54) is 4.40 Å². The van der Waals surface area contributed by atoms with E-state index in [2.05, 4.69) is 4.98 Å². The number of fused-ring (bicyclic) bond motifs is 1. The number of nitrogens with zero attached hydrogens (tertiary/aromatic N) is 2. The predicted molar refractivity (Wildman–Crippen MR) is 89.6 cm³/mol. The molecule has 1 aromatic carbocycles. The Hall–Kier alpha value is -2.89. The van der Waals surface area contributed by atoms with Gasteiger partial charge in [0.1, 0.15) is 6.61 Å². The third-order valence-corrected chi connectivity index (χ3v) is 4.75. The molecule has 3 rings (SSSR count). The number of hydrogen-bond acceptors (Lipinski definition) is 5. The molecule has 2 aromatic heterocycles. The number of thiazole rings is 1. The summed E-state index contributed by atoms with van der Waals surface area (Å²) in [6.07, 6.45) is -10.2. The molecule has 0 bridgehead atoms. The monoisotopic (exact) mass is 436 g/mol. The lowest BCUT2D eigenvalue weighted by atomic mass is 10.0. The normalized spacial score (nSPS) is 12.4. The van der Waals surface area contributed by atoms with Crippen LogP contribution >= 0.6 is 11.3 Å². The van der Waals surface area contributed by atoms with Gasteiger partial charge in [0.05, 0.1) is 22.4 Å². The topological polar surface area (TPSA) is 60.7 Å². The Balaban J connectivity index is 1.88. The molecule has 0 radical (unpaired) electrons. The summed E-state index contributed by atoms with van der Waals surface area (Å²) < 4.78 is 83.4. The second-order valence-electron chi connectivity index (χ2n) is 5.95. The summed E-state index contributed by atoms with van der Waals surface area (Å²) in [6.45, 7) is 1.08. The molecular formula is C17H10F6N2O3S. The number of aromatic nitrogens is 2. The minimum Gasteiger partial charge on any atom is -0.456 e. The number of alkyl halides is 6. The van der Waals surface area contributed by atoms with Crippen LogP contribution < -0.4 is 5.56 Å². The number of esters is 1. The van der Waals surface area contributed by atoms with Crippen molar-refractivity contribution in [2.24, 2.45) is 0 Å². The van der Waals surface area contributed by atoms with Crippen molar-refractivity contribution in [3.05, 3.63) is 68.1 Å². The Bertz CT molecular complexity index is 1110. The molecule has 29 heavy (non-hydrogen) atoms. The summed E-state index contributed by atoms with van der Waals surface area (Å²) in [5.74, 6) is -1.41. The summed E-state index contributed by atoms with van der Waals surface area (Å²) in [4.78, 5) is 28.5. The van der Waals surface area contributed by atoms with E-state index < -0.39 is 47.2 Å². The zero-order valence-electron chi connectivity index (χ0n) is 14.4. The maximum absolute atomic E-state index is 12.9. The van der Waals surface area contributed by atoms with Crippen molar-refractivity contribution in [3.63, 3.8) is 0 Å². The van der Waals surface area contributed by atoms with Crippen LogP contribution in [0.1, 0.15) is 32.9 Å². The maximum atomic E-state index is 12.9. The van der Waals surface area contributed by atoms with Crippen LogP contribution in [0.3, 0.4) is 0 Å². The third-order valence-electron chi connectivity index (χ3n) is 3.80. The van der Waals surface area contributed by atoms with Gasteiger partial charge < -0.3 is 4.74 Å². The largest absolute Gasteiger partial charge is 0.456 e. The molecule has 0 spiro atoms. The van der Waals surface area contributed by atoms with Crippen molar-refractivity contribution in [1.82, 2.24) is 9.38 Å². The van der Waals surface area contributed by atoms with Crippen molar-refractivity contribution in [2.75, 3.05) is 0 Å². The SMILES string of the molecule is Cc1csc2nc(COC(=O)c3cc(C(F)(F)F)cc(C(F)(F)F)c3)cc(=O)n12. The van der Waals surface area contributed by atoms with Gasteiger partial charge in [-0.1, -0.05) is 0 Å². The first-order valence-electron chi connectivity index (χ1n) is 7.79. The quantitative estimate of drug-likeness (QED) is 0.450. The minimum absolute atomic E-state index is 0.00761. The summed E-state index contributed by atoms with van der Waals surface area (Å²) in [7, 11) is 0. The molecule has 0 atom stereocenters. The average molecular weight is 436 g/mol. The lowest BCUT2D eigenvalue weighted by Gasteiger charge is -2.13. The Morgan fingerprint density at radius 1 is 1.07 bits per heavy atom. The molecule has 2 heterocycles. The minimum atomic E-state index is -5.09. The lowest BCUT2D eigenvalue weighted by Crippen LogP contribution is -2.17. The van der Waals surface area contributed by atoms with Crippen molar-refractivity contribution in [2.45, 2.75) is 25.9 Å². The second-order valence-corrected chi connectivity index (χ2v) is 6.79. The highest BCUT2D eigenvalue weighted by Crippen LogP contribution is 2.36. The van der Waals surface area contributed by atoms with E-state index in [-0.39, 0.29) is 23.9 Å². The smallest absolute Gasteiger partial charge is 0.416 e. The summed E-state index contributed by atoms with van der Waals surface area (Å²) in [5, 5.41) is 1.67. The molecule has 0 aliphatic heterocycles. The molecule has 0 fully saturated rings. The second kappa shape index (κ2) is 7.17. The first-order chi connectivity index (χ1) is 13.4. The molecule has 0 saturated heterocycles. The summed E-state index contributed by atoms with van der Waals surface area (Å²) >= 11 is 1.14. The van der Waals surface area contributed by atoms with Gasteiger partial charge in [-0.2, -0.15) is 26.3 Å². The molecule has 0 saturated carbocycles.